The van der Waals surface area contributed by atoms with Crippen molar-refractivity contribution in [2.75, 3.05) is 0 Å². The lowest BCUT2D eigenvalue weighted by Gasteiger charge is -2.22. The average molecular weight is 276 g/mol. The van der Waals surface area contributed by atoms with Crippen LogP contribution in [-0.4, -0.2) is 16.8 Å². The molecule has 0 aromatic carbocycles. The third-order valence-electron chi connectivity index (χ3n) is 2.84. The SMILES string of the molecule is CCCCCCCCCC(Cl)C(=O)NC(C)(C)C. The minimum atomic E-state index is -0.375. The van der Waals surface area contributed by atoms with Gasteiger partial charge in [0.05, 0.1) is 0 Å². The summed E-state index contributed by atoms with van der Waals surface area (Å²) in [5.74, 6) is -0.0323. The number of amides is 1. The molecule has 1 amide bonds. The number of alkyl halides is 1. The van der Waals surface area contributed by atoms with Crippen molar-refractivity contribution < 1.29 is 4.79 Å². The first kappa shape index (κ1) is 17.8. The van der Waals surface area contributed by atoms with E-state index in [9.17, 15) is 4.79 Å². The smallest absolute Gasteiger partial charge is 0.238 e. The van der Waals surface area contributed by atoms with E-state index >= 15 is 0 Å². The van der Waals surface area contributed by atoms with Crippen LogP contribution < -0.4 is 5.32 Å². The molecule has 0 aromatic heterocycles. The number of nitrogens with one attached hydrogen (secondary N) is 1. The molecule has 0 rings (SSSR count). The van der Waals surface area contributed by atoms with Crippen LogP contribution in [-0.2, 0) is 4.79 Å². The molecule has 108 valence electrons. The number of hydrogen-bond acceptors (Lipinski definition) is 1. The molecule has 0 bridgehead atoms. The highest BCUT2D eigenvalue weighted by Gasteiger charge is 2.20. The van der Waals surface area contributed by atoms with Gasteiger partial charge in [-0.05, 0) is 27.2 Å². The number of unbranched alkanes of at least 4 members (excludes halogenated alkanes) is 6. The van der Waals surface area contributed by atoms with Gasteiger partial charge in [0.15, 0.2) is 0 Å². The highest BCUT2D eigenvalue weighted by molar-refractivity contribution is 6.30. The van der Waals surface area contributed by atoms with Crippen LogP contribution in [0, 0.1) is 0 Å². The number of carbonyl (C=O) groups excluding carboxylic acids is 1. The van der Waals surface area contributed by atoms with Crippen molar-refractivity contribution in [1.29, 1.82) is 0 Å². The van der Waals surface area contributed by atoms with Gasteiger partial charge in [-0.1, -0.05) is 51.9 Å². The lowest BCUT2D eigenvalue weighted by molar-refractivity contribution is -0.122. The number of halogens is 1. The fraction of sp³-hybridized carbons (Fsp3) is 0.933. The van der Waals surface area contributed by atoms with Gasteiger partial charge in [-0.3, -0.25) is 4.79 Å². The summed E-state index contributed by atoms with van der Waals surface area (Å²) in [4.78, 5) is 11.7. The first-order valence-corrected chi connectivity index (χ1v) is 7.76. The van der Waals surface area contributed by atoms with Crippen LogP contribution in [0.5, 0.6) is 0 Å². The summed E-state index contributed by atoms with van der Waals surface area (Å²) in [5, 5.41) is 2.54. The predicted octanol–water partition coefficient (Wildman–Crippen LogP) is 4.65. The lowest BCUT2D eigenvalue weighted by Crippen LogP contribution is -2.44. The van der Waals surface area contributed by atoms with E-state index in [1.807, 2.05) is 20.8 Å². The summed E-state index contributed by atoms with van der Waals surface area (Å²) in [7, 11) is 0. The normalized spacial score (nSPS) is 13.4. The zero-order chi connectivity index (χ0) is 14.0. The molecule has 0 aliphatic heterocycles. The Hall–Kier alpha value is -0.240. The molecule has 0 radical (unpaired) electrons. The highest BCUT2D eigenvalue weighted by Crippen LogP contribution is 2.13. The Morgan fingerprint density at radius 3 is 2.06 bits per heavy atom. The van der Waals surface area contributed by atoms with E-state index in [4.69, 9.17) is 11.6 Å². The molecule has 0 saturated heterocycles. The fourth-order valence-corrected chi connectivity index (χ4v) is 2.07. The maximum absolute atomic E-state index is 11.7. The molecule has 0 aliphatic rings. The minimum Gasteiger partial charge on any atom is -0.350 e. The summed E-state index contributed by atoms with van der Waals surface area (Å²) in [5.41, 5.74) is -0.190. The average Bonchev–Trinajstić information content (AvgIpc) is 2.25. The molecule has 0 aliphatic carbocycles. The molecule has 0 aromatic rings. The van der Waals surface area contributed by atoms with Crippen LogP contribution in [0.2, 0.25) is 0 Å². The van der Waals surface area contributed by atoms with Crippen molar-refractivity contribution in [1.82, 2.24) is 5.32 Å². The lowest BCUT2D eigenvalue weighted by atomic mass is 10.1. The van der Waals surface area contributed by atoms with Gasteiger partial charge in [-0.15, -0.1) is 11.6 Å². The molecular weight excluding hydrogens is 246 g/mol. The van der Waals surface area contributed by atoms with Gasteiger partial charge in [-0.2, -0.15) is 0 Å². The molecule has 1 N–H and O–H groups in total. The van der Waals surface area contributed by atoms with Gasteiger partial charge >= 0.3 is 0 Å². The van der Waals surface area contributed by atoms with E-state index in [0.717, 1.165) is 12.8 Å². The van der Waals surface area contributed by atoms with Crippen molar-refractivity contribution in [2.45, 2.75) is 90.0 Å². The van der Waals surface area contributed by atoms with Gasteiger partial charge in [0, 0.05) is 5.54 Å². The Kier molecular flexibility index (Phi) is 9.53. The summed E-state index contributed by atoms with van der Waals surface area (Å²) in [6.45, 7) is 8.15. The van der Waals surface area contributed by atoms with Crippen molar-refractivity contribution >= 4 is 17.5 Å². The van der Waals surface area contributed by atoms with Crippen LogP contribution in [0.25, 0.3) is 0 Å². The molecule has 18 heavy (non-hydrogen) atoms. The van der Waals surface area contributed by atoms with E-state index in [-0.39, 0.29) is 16.8 Å². The second-order valence-corrected chi connectivity index (χ2v) is 6.64. The summed E-state index contributed by atoms with van der Waals surface area (Å²) >= 11 is 6.09. The third-order valence-corrected chi connectivity index (χ3v) is 3.26. The fourth-order valence-electron chi connectivity index (χ4n) is 1.86. The maximum atomic E-state index is 11.7. The van der Waals surface area contributed by atoms with Crippen LogP contribution in [0.15, 0.2) is 0 Å². The molecule has 0 saturated carbocycles. The molecular formula is C15H30ClNO. The van der Waals surface area contributed by atoms with Gasteiger partial charge < -0.3 is 5.32 Å². The van der Waals surface area contributed by atoms with Crippen LogP contribution in [0.1, 0.15) is 79.1 Å². The molecule has 1 atom stereocenters. The Morgan fingerprint density at radius 2 is 1.56 bits per heavy atom. The van der Waals surface area contributed by atoms with Crippen molar-refractivity contribution in [2.24, 2.45) is 0 Å². The van der Waals surface area contributed by atoms with E-state index in [2.05, 4.69) is 12.2 Å². The largest absolute Gasteiger partial charge is 0.350 e. The second kappa shape index (κ2) is 9.66. The topological polar surface area (TPSA) is 29.1 Å². The Labute approximate surface area is 118 Å². The first-order chi connectivity index (χ1) is 8.37. The van der Waals surface area contributed by atoms with Crippen molar-refractivity contribution in [3.63, 3.8) is 0 Å². The van der Waals surface area contributed by atoms with Gasteiger partial charge in [-0.25, -0.2) is 0 Å². The van der Waals surface area contributed by atoms with Crippen LogP contribution >= 0.6 is 11.6 Å². The zero-order valence-corrected chi connectivity index (χ0v) is 13.3. The van der Waals surface area contributed by atoms with Gasteiger partial charge in [0.25, 0.3) is 0 Å². The number of carbonyl (C=O) groups is 1. The molecule has 0 heterocycles. The molecule has 3 heteroatoms. The van der Waals surface area contributed by atoms with Crippen LogP contribution in [0.3, 0.4) is 0 Å². The molecule has 0 spiro atoms. The van der Waals surface area contributed by atoms with Gasteiger partial charge in [0.1, 0.15) is 5.38 Å². The highest BCUT2D eigenvalue weighted by atomic mass is 35.5. The molecule has 0 fully saturated rings. The predicted molar refractivity (Wildman–Crippen MR) is 80.1 cm³/mol. The quantitative estimate of drug-likeness (QED) is 0.482. The standard InChI is InChI=1S/C15H30ClNO/c1-5-6-7-8-9-10-11-12-13(16)14(18)17-15(2,3)4/h13H,5-12H2,1-4H3,(H,17,18). The summed E-state index contributed by atoms with van der Waals surface area (Å²) in [6.07, 6.45) is 9.58. The summed E-state index contributed by atoms with van der Waals surface area (Å²) < 4.78 is 0. The summed E-state index contributed by atoms with van der Waals surface area (Å²) in [6, 6.07) is 0. The Balaban J connectivity index is 3.52. The van der Waals surface area contributed by atoms with E-state index in [1.165, 1.54) is 38.5 Å². The van der Waals surface area contributed by atoms with Crippen molar-refractivity contribution in [3.8, 4) is 0 Å². The first-order valence-electron chi connectivity index (χ1n) is 7.33. The minimum absolute atomic E-state index is 0.0323. The maximum Gasteiger partial charge on any atom is 0.238 e. The van der Waals surface area contributed by atoms with E-state index < -0.39 is 0 Å². The number of rotatable bonds is 9. The Bertz CT molecular complexity index is 223. The van der Waals surface area contributed by atoms with Crippen LogP contribution in [0.4, 0.5) is 0 Å². The monoisotopic (exact) mass is 275 g/mol. The molecule has 1 unspecified atom stereocenters. The van der Waals surface area contributed by atoms with Crippen molar-refractivity contribution in [3.05, 3.63) is 0 Å². The Morgan fingerprint density at radius 1 is 1.06 bits per heavy atom. The second-order valence-electron chi connectivity index (χ2n) is 6.12. The van der Waals surface area contributed by atoms with E-state index in [1.54, 1.807) is 0 Å². The van der Waals surface area contributed by atoms with Gasteiger partial charge in [0.2, 0.25) is 5.91 Å². The van der Waals surface area contributed by atoms with E-state index in [0.29, 0.717) is 0 Å². The number of hydrogen-bond donors (Lipinski definition) is 1. The zero-order valence-electron chi connectivity index (χ0n) is 12.5. The molecule has 2 nitrogen and oxygen atoms in total. The third kappa shape index (κ3) is 10.9.